The summed E-state index contributed by atoms with van der Waals surface area (Å²) in [6, 6.07) is 0.465. The Balaban J connectivity index is 1.89. The molecule has 0 radical (unpaired) electrons. The average Bonchev–Trinajstić information content (AvgIpc) is 2.47. The second-order valence-electron chi connectivity index (χ2n) is 6.56. The molecule has 2 rings (SSSR count). The SMILES string of the molecule is CCN1CCN(C(=O)N2CCC(C)(C(=O)O)CC2)CC1C. The van der Waals surface area contributed by atoms with E-state index in [0.29, 0.717) is 32.0 Å². The van der Waals surface area contributed by atoms with Crippen molar-refractivity contribution in [3.05, 3.63) is 0 Å². The number of likely N-dealkylation sites (tertiary alicyclic amines) is 1. The number of piperazine rings is 1. The van der Waals surface area contributed by atoms with Crippen LogP contribution in [0.3, 0.4) is 0 Å². The Bertz CT molecular complexity index is 405. The Labute approximate surface area is 126 Å². The highest BCUT2D eigenvalue weighted by Crippen LogP contribution is 2.31. The maximum absolute atomic E-state index is 12.6. The average molecular weight is 297 g/mol. The fourth-order valence-corrected chi connectivity index (χ4v) is 3.24. The van der Waals surface area contributed by atoms with Crippen molar-refractivity contribution in [1.82, 2.24) is 14.7 Å². The third kappa shape index (κ3) is 3.31. The number of carboxylic acid groups (broad SMARTS) is 1. The van der Waals surface area contributed by atoms with Gasteiger partial charge in [0.25, 0.3) is 0 Å². The number of rotatable bonds is 2. The number of likely N-dealkylation sites (N-methyl/N-ethyl adjacent to an activating group) is 1. The van der Waals surface area contributed by atoms with Gasteiger partial charge in [0.05, 0.1) is 5.41 Å². The minimum atomic E-state index is -0.750. The first kappa shape index (κ1) is 16.1. The normalized spacial score (nSPS) is 26.7. The molecule has 2 aliphatic rings. The molecule has 2 saturated heterocycles. The van der Waals surface area contributed by atoms with E-state index in [1.54, 1.807) is 6.92 Å². The minimum Gasteiger partial charge on any atom is -0.481 e. The van der Waals surface area contributed by atoms with Gasteiger partial charge in [-0.3, -0.25) is 9.69 Å². The monoisotopic (exact) mass is 297 g/mol. The lowest BCUT2D eigenvalue weighted by molar-refractivity contribution is -0.150. The van der Waals surface area contributed by atoms with Crippen LogP contribution in [0.15, 0.2) is 0 Å². The van der Waals surface area contributed by atoms with E-state index in [0.717, 1.165) is 26.2 Å². The summed E-state index contributed by atoms with van der Waals surface area (Å²) < 4.78 is 0. The van der Waals surface area contributed by atoms with E-state index < -0.39 is 11.4 Å². The fourth-order valence-electron chi connectivity index (χ4n) is 3.24. The number of piperidine rings is 1. The van der Waals surface area contributed by atoms with E-state index in [1.807, 2.05) is 9.80 Å². The summed E-state index contributed by atoms with van der Waals surface area (Å²) in [7, 11) is 0. The molecule has 2 aliphatic heterocycles. The maximum Gasteiger partial charge on any atom is 0.320 e. The molecule has 120 valence electrons. The number of aliphatic carboxylic acids is 1. The van der Waals surface area contributed by atoms with Gasteiger partial charge in [-0.15, -0.1) is 0 Å². The van der Waals surface area contributed by atoms with Crippen molar-refractivity contribution in [2.24, 2.45) is 5.41 Å². The molecule has 0 aromatic rings. The molecule has 0 aromatic carbocycles. The van der Waals surface area contributed by atoms with Gasteiger partial charge < -0.3 is 14.9 Å². The molecule has 1 unspecified atom stereocenters. The van der Waals surface area contributed by atoms with Crippen molar-refractivity contribution >= 4 is 12.0 Å². The molecule has 6 heteroatoms. The van der Waals surface area contributed by atoms with Gasteiger partial charge in [-0.25, -0.2) is 4.79 Å². The number of amides is 2. The van der Waals surface area contributed by atoms with Gasteiger partial charge in [-0.1, -0.05) is 6.92 Å². The second kappa shape index (κ2) is 6.22. The molecule has 21 heavy (non-hydrogen) atoms. The van der Waals surface area contributed by atoms with Crippen LogP contribution in [0.2, 0.25) is 0 Å². The second-order valence-corrected chi connectivity index (χ2v) is 6.56. The number of nitrogens with zero attached hydrogens (tertiary/aromatic N) is 3. The van der Waals surface area contributed by atoms with Gasteiger partial charge >= 0.3 is 12.0 Å². The summed E-state index contributed by atoms with van der Waals surface area (Å²) in [5, 5.41) is 9.24. The summed E-state index contributed by atoms with van der Waals surface area (Å²) in [4.78, 5) is 29.9. The van der Waals surface area contributed by atoms with Gasteiger partial charge in [0.15, 0.2) is 0 Å². The van der Waals surface area contributed by atoms with Crippen molar-refractivity contribution in [1.29, 1.82) is 0 Å². The zero-order valence-corrected chi connectivity index (χ0v) is 13.3. The minimum absolute atomic E-state index is 0.0741. The molecule has 2 amide bonds. The van der Waals surface area contributed by atoms with Crippen LogP contribution in [0.25, 0.3) is 0 Å². The zero-order valence-electron chi connectivity index (χ0n) is 13.3. The van der Waals surface area contributed by atoms with E-state index in [1.165, 1.54) is 0 Å². The molecular formula is C15H27N3O3. The summed E-state index contributed by atoms with van der Waals surface area (Å²) in [5.41, 5.74) is -0.676. The lowest BCUT2D eigenvalue weighted by Crippen LogP contribution is -2.57. The fraction of sp³-hybridized carbons (Fsp3) is 0.867. The lowest BCUT2D eigenvalue weighted by atomic mass is 9.80. The highest BCUT2D eigenvalue weighted by molar-refractivity contribution is 5.77. The Morgan fingerprint density at radius 2 is 1.76 bits per heavy atom. The van der Waals surface area contributed by atoms with Crippen LogP contribution in [0.1, 0.15) is 33.6 Å². The van der Waals surface area contributed by atoms with Crippen molar-refractivity contribution in [2.75, 3.05) is 39.3 Å². The van der Waals surface area contributed by atoms with Crippen molar-refractivity contribution in [3.8, 4) is 0 Å². The first-order valence-corrected chi connectivity index (χ1v) is 7.88. The van der Waals surface area contributed by atoms with E-state index in [-0.39, 0.29) is 6.03 Å². The summed E-state index contributed by atoms with van der Waals surface area (Å²) >= 11 is 0. The zero-order chi connectivity index (χ0) is 15.6. The Morgan fingerprint density at radius 1 is 1.14 bits per heavy atom. The van der Waals surface area contributed by atoms with Crippen LogP contribution in [0.5, 0.6) is 0 Å². The summed E-state index contributed by atoms with van der Waals surface area (Å²) in [6.07, 6.45) is 1.08. The van der Waals surface area contributed by atoms with Crippen LogP contribution >= 0.6 is 0 Å². The molecule has 1 N–H and O–H groups in total. The molecule has 0 bridgehead atoms. The van der Waals surface area contributed by atoms with Crippen LogP contribution in [-0.2, 0) is 4.79 Å². The Kier molecular flexibility index (Phi) is 4.76. The molecule has 2 heterocycles. The Hall–Kier alpha value is -1.30. The molecule has 0 spiro atoms. The molecule has 0 aliphatic carbocycles. The number of carbonyl (C=O) groups is 2. The highest BCUT2D eigenvalue weighted by Gasteiger charge is 2.39. The predicted octanol–water partition coefficient (Wildman–Crippen LogP) is 1.32. The van der Waals surface area contributed by atoms with E-state index in [9.17, 15) is 14.7 Å². The van der Waals surface area contributed by atoms with Gasteiger partial charge in [0.2, 0.25) is 0 Å². The van der Waals surface area contributed by atoms with Crippen LogP contribution in [0, 0.1) is 5.41 Å². The number of urea groups is 1. The van der Waals surface area contributed by atoms with Gasteiger partial charge in [0.1, 0.15) is 0 Å². The predicted molar refractivity (Wildman–Crippen MR) is 80.2 cm³/mol. The molecule has 1 atom stereocenters. The summed E-state index contributed by atoms with van der Waals surface area (Å²) in [6.45, 7) is 10.6. The first-order chi connectivity index (χ1) is 9.87. The largest absolute Gasteiger partial charge is 0.481 e. The van der Waals surface area contributed by atoms with Crippen LogP contribution in [0.4, 0.5) is 4.79 Å². The van der Waals surface area contributed by atoms with Crippen molar-refractivity contribution in [2.45, 2.75) is 39.7 Å². The van der Waals surface area contributed by atoms with Gasteiger partial charge in [-0.2, -0.15) is 0 Å². The van der Waals surface area contributed by atoms with Crippen LogP contribution < -0.4 is 0 Å². The third-order valence-corrected chi connectivity index (χ3v) is 5.10. The van der Waals surface area contributed by atoms with E-state index >= 15 is 0 Å². The smallest absolute Gasteiger partial charge is 0.320 e. The molecule has 2 fully saturated rings. The maximum atomic E-state index is 12.6. The summed E-state index contributed by atoms with van der Waals surface area (Å²) in [5.74, 6) is -0.750. The van der Waals surface area contributed by atoms with Crippen molar-refractivity contribution in [3.63, 3.8) is 0 Å². The molecule has 0 saturated carbocycles. The number of carboxylic acids is 1. The lowest BCUT2D eigenvalue weighted by Gasteiger charge is -2.43. The quantitative estimate of drug-likeness (QED) is 0.835. The number of carbonyl (C=O) groups excluding carboxylic acids is 1. The van der Waals surface area contributed by atoms with Gasteiger partial charge in [-0.05, 0) is 33.2 Å². The highest BCUT2D eigenvalue weighted by atomic mass is 16.4. The Morgan fingerprint density at radius 3 is 2.24 bits per heavy atom. The topological polar surface area (TPSA) is 64.1 Å². The third-order valence-electron chi connectivity index (χ3n) is 5.10. The van der Waals surface area contributed by atoms with Crippen LogP contribution in [-0.4, -0.2) is 77.1 Å². The molecular weight excluding hydrogens is 270 g/mol. The van der Waals surface area contributed by atoms with E-state index in [2.05, 4.69) is 18.7 Å². The molecule has 0 aromatic heterocycles. The van der Waals surface area contributed by atoms with Crippen molar-refractivity contribution < 1.29 is 14.7 Å². The number of hydrogen-bond acceptors (Lipinski definition) is 3. The number of hydrogen-bond donors (Lipinski definition) is 1. The molecule has 6 nitrogen and oxygen atoms in total. The van der Waals surface area contributed by atoms with E-state index in [4.69, 9.17) is 0 Å². The van der Waals surface area contributed by atoms with Gasteiger partial charge in [0, 0.05) is 38.8 Å². The standard InChI is InChI=1S/C15H27N3O3/c1-4-16-9-10-18(11-12(16)2)14(21)17-7-5-15(3,6-8-17)13(19)20/h12H,4-11H2,1-3H3,(H,19,20). The first-order valence-electron chi connectivity index (χ1n) is 7.88.